The van der Waals surface area contributed by atoms with Gasteiger partial charge in [0.25, 0.3) is 0 Å². The Morgan fingerprint density at radius 2 is 2.16 bits per heavy atom. The largest absolute Gasteiger partial charge is 0.309 e. The highest BCUT2D eigenvalue weighted by Gasteiger charge is 2.30. The van der Waals surface area contributed by atoms with Crippen LogP contribution in [-0.2, 0) is 0 Å². The minimum absolute atomic E-state index is 0.353. The third-order valence-corrected chi connectivity index (χ3v) is 4.00. The van der Waals surface area contributed by atoms with Crippen molar-refractivity contribution >= 4 is 0 Å². The van der Waals surface area contributed by atoms with Crippen molar-refractivity contribution in [2.24, 2.45) is 0 Å². The highest BCUT2D eigenvalue weighted by molar-refractivity contribution is 5.19. The van der Waals surface area contributed by atoms with E-state index in [1.54, 1.807) is 0 Å². The first-order valence-electron chi connectivity index (χ1n) is 7.16. The van der Waals surface area contributed by atoms with Gasteiger partial charge in [0, 0.05) is 37.6 Å². The molecule has 0 bridgehead atoms. The lowest BCUT2D eigenvalue weighted by Crippen LogP contribution is -2.55. The zero-order valence-electron chi connectivity index (χ0n) is 12.6. The zero-order chi connectivity index (χ0) is 13.8. The SMILES string of the molecule is CCNC(c1ccc(C)nc1)C1CN(C)CCN1C. The third-order valence-electron chi connectivity index (χ3n) is 4.00. The number of rotatable bonds is 4. The van der Waals surface area contributed by atoms with Crippen molar-refractivity contribution in [2.45, 2.75) is 25.9 Å². The fourth-order valence-electron chi connectivity index (χ4n) is 2.76. The number of nitrogens with one attached hydrogen (secondary N) is 1. The smallest absolute Gasteiger partial charge is 0.0505 e. The highest BCUT2D eigenvalue weighted by Crippen LogP contribution is 2.23. The molecule has 0 spiro atoms. The maximum Gasteiger partial charge on any atom is 0.0505 e. The molecule has 1 saturated heterocycles. The number of hydrogen-bond acceptors (Lipinski definition) is 4. The predicted octanol–water partition coefficient (Wildman–Crippen LogP) is 1.29. The fraction of sp³-hybridized carbons (Fsp3) is 0.667. The summed E-state index contributed by atoms with van der Waals surface area (Å²) in [5.74, 6) is 0. The Balaban J connectivity index is 2.20. The van der Waals surface area contributed by atoms with E-state index in [1.165, 1.54) is 5.56 Å². The first-order chi connectivity index (χ1) is 9.11. The normalized spacial score (nSPS) is 23.5. The molecular weight excluding hydrogens is 236 g/mol. The molecule has 0 saturated carbocycles. The topological polar surface area (TPSA) is 31.4 Å². The first-order valence-corrected chi connectivity index (χ1v) is 7.16. The monoisotopic (exact) mass is 262 g/mol. The van der Waals surface area contributed by atoms with Gasteiger partial charge in [0.15, 0.2) is 0 Å². The lowest BCUT2D eigenvalue weighted by Gasteiger charge is -2.42. The summed E-state index contributed by atoms with van der Waals surface area (Å²) in [6, 6.07) is 5.17. The van der Waals surface area contributed by atoms with Gasteiger partial charge in [0.2, 0.25) is 0 Å². The van der Waals surface area contributed by atoms with E-state index >= 15 is 0 Å². The van der Waals surface area contributed by atoms with Crippen LogP contribution in [-0.4, -0.2) is 61.1 Å². The predicted molar refractivity (Wildman–Crippen MR) is 79.3 cm³/mol. The average Bonchev–Trinajstić information content (AvgIpc) is 2.40. The minimum atomic E-state index is 0.353. The van der Waals surface area contributed by atoms with Crippen LogP contribution in [0.2, 0.25) is 0 Å². The number of aromatic nitrogens is 1. The number of pyridine rings is 1. The summed E-state index contributed by atoms with van der Waals surface area (Å²) < 4.78 is 0. The highest BCUT2D eigenvalue weighted by atomic mass is 15.3. The summed E-state index contributed by atoms with van der Waals surface area (Å²) >= 11 is 0. The second kappa shape index (κ2) is 6.46. The van der Waals surface area contributed by atoms with Crippen molar-refractivity contribution in [1.82, 2.24) is 20.1 Å². The molecule has 2 rings (SSSR count). The average molecular weight is 262 g/mol. The number of aryl methyl sites for hydroxylation is 1. The molecule has 0 amide bonds. The molecule has 1 aromatic rings. The molecule has 1 N–H and O–H groups in total. The van der Waals surface area contributed by atoms with Crippen LogP contribution in [0.4, 0.5) is 0 Å². The van der Waals surface area contributed by atoms with Crippen molar-refractivity contribution in [1.29, 1.82) is 0 Å². The maximum atomic E-state index is 4.45. The van der Waals surface area contributed by atoms with Crippen molar-refractivity contribution in [3.63, 3.8) is 0 Å². The van der Waals surface area contributed by atoms with E-state index in [0.717, 1.165) is 31.9 Å². The number of piperazine rings is 1. The summed E-state index contributed by atoms with van der Waals surface area (Å²) in [4.78, 5) is 9.33. The Labute approximate surface area is 116 Å². The molecule has 1 aliphatic rings. The summed E-state index contributed by atoms with van der Waals surface area (Å²) in [5, 5.41) is 3.63. The molecule has 4 heteroatoms. The quantitative estimate of drug-likeness (QED) is 0.886. The molecule has 106 valence electrons. The van der Waals surface area contributed by atoms with Crippen LogP contribution >= 0.6 is 0 Å². The molecule has 1 aromatic heterocycles. The van der Waals surface area contributed by atoms with Crippen LogP contribution < -0.4 is 5.32 Å². The summed E-state index contributed by atoms with van der Waals surface area (Å²) in [5.41, 5.74) is 2.37. The lowest BCUT2D eigenvalue weighted by atomic mass is 9.97. The van der Waals surface area contributed by atoms with Gasteiger partial charge in [-0.3, -0.25) is 9.88 Å². The molecule has 0 radical (unpaired) electrons. The van der Waals surface area contributed by atoms with Crippen molar-refractivity contribution in [3.05, 3.63) is 29.6 Å². The first kappa shape index (κ1) is 14.4. The number of likely N-dealkylation sites (N-methyl/N-ethyl adjacent to an activating group) is 3. The van der Waals surface area contributed by atoms with Crippen LogP contribution in [0.25, 0.3) is 0 Å². The Bertz CT molecular complexity index is 390. The fourth-order valence-corrected chi connectivity index (χ4v) is 2.76. The van der Waals surface area contributed by atoms with E-state index in [-0.39, 0.29) is 0 Å². The van der Waals surface area contributed by atoms with Crippen LogP contribution in [0, 0.1) is 6.92 Å². The Morgan fingerprint density at radius 1 is 1.37 bits per heavy atom. The summed E-state index contributed by atoms with van der Waals surface area (Å²) in [6.45, 7) is 8.56. The van der Waals surface area contributed by atoms with Gasteiger partial charge < -0.3 is 10.2 Å². The molecule has 0 aliphatic carbocycles. The Hall–Kier alpha value is -0.970. The molecule has 2 atom stereocenters. The molecule has 19 heavy (non-hydrogen) atoms. The van der Waals surface area contributed by atoms with Crippen LogP contribution in [0.1, 0.15) is 24.2 Å². The van der Waals surface area contributed by atoms with Crippen LogP contribution in [0.3, 0.4) is 0 Å². The van der Waals surface area contributed by atoms with E-state index in [1.807, 2.05) is 13.1 Å². The minimum Gasteiger partial charge on any atom is -0.309 e. The number of nitrogens with zero attached hydrogens (tertiary/aromatic N) is 3. The molecule has 2 unspecified atom stereocenters. The zero-order valence-corrected chi connectivity index (χ0v) is 12.6. The van der Waals surface area contributed by atoms with E-state index in [2.05, 4.69) is 53.3 Å². The Morgan fingerprint density at radius 3 is 2.79 bits per heavy atom. The molecule has 1 fully saturated rings. The third kappa shape index (κ3) is 3.53. The van der Waals surface area contributed by atoms with Gasteiger partial charge in [0.05, 0.1) is 6.04 Å². The van der Waals surface area contributed by atoms with Crippen molar-refractivity contribution in [2.75, 3.05) is 40.3 Å². The van der Waals surface area contributed by atoms with Crippen LogP contribution in [0.15, 0.2) is 18.3 Å². The maximum absolute atomic E-state index is 4.45. The van der Waals surface area contributed by atoms with E-state index in [9.17, 15) is 0 Å². The van der Waals surface area contributed by atoms with Gasteiger partial charge in [-0.15, -0.1) is 0 Å². The molecular formula is C15H26N4. The Kier molecular flexibility index (Phi) is 4.91. The van der Waals surface area contributed by atoms with Crippen molar-refractivity contribution in [3.8, 4) is 0 Å². The molecule has 4 nitrogen and oxygen atoms in total. The molecule has 0 aromatic carbocycles. The van der Waals surface area contributed by atoms with E-state index < -0.39 is 0 Å². The van der Waals surface area contributed by atoms with Crippen molar-refractivity contribution < 1.29 is 0 Å². The second-order valence-electron chi connectivity index (χ2n) is 5.58. The van der Waals surface area contributed by atoms with Crippen LogP contribution in [0.5, 0.6) is 0 Å². The second-order valence-corrected chi connectivity index (χ2v) is 5.58. The van der Waals surface area contributed by atoms with E-state index in [4.69, 9.17) is 0 Å². The van der Waals surface area contributed by atoms with Gasteiger partial charge in [-0.2, -0.15) is 0 Å². The summed E-state index contributed by atoms with van der Waals surface area (Å²) in [7, 11) is 4.43. The standard InChI is InChI=1S/C15H26N4/c1-5-16-15(13-7-6-12(2)17-10-13)14-11-18(3)8-9-19(14)4/h6-7,10,14-16H,5,8-9,11H2,1-4H3. The van der Waals surface area contributed by atoms with Gasteiger partial charge in [-0.25, -0.2) is 0 Å². The summed E-state index contributed by atoms with van der Waals surface area (Å²) in [6.07, 6.45) is 2.02. The van der Waals surface area contributed by atoms with Gasteiger partial charge in [-0.1, -0.05) is 13.0 Å². The van der Waals surface area contributed by atoms with Gasteiger partial charge in [0.1, 0.15) is 0 Å². The lowest BCUT2D eigenvalue weighted by molar-refractivity contribution is 0.0880. The van der Waals surface area contributed by atoms with E-state index in [0.29, 0.717) is 12.1 Å². The van der Waals surface area contributed by atoms with Gasteiger partial charge in [-0.05, 0) is 39.2 Å². The molecule has 1 aliphatic heterocycles. The number of hydrogen-bond donors (Lipinski definition) is 1. The molecule has 2 heterocycles. The van der Waals surface area contributed by atoms with Gasteiger partial charge >= 0.3 is 0 Å².